The van der Waals surface area contributed by atoms with Gasteiger partial charge in [0.1, 0.15) is 5.41 Å². The molecule has 94 valence electrons. The van der Waals surface area contributed by atoms with Crippen LogP contribution in [0.25, 0.3) is 0 Å². The lowest BCUT2D eigenvalue weighted by Crippen LogP contribution is -2.62. The second-order valence-electron chi connectivity index (χ2n) is 4.17. The predicted octanol–water partition coefficient (Wildman–Crippen LogP) is -0.346. The van der Waals surface area contributed by atoms with Crippen LogP contribution in [-0.4, -0.2) is 42.4 Å². The van der Waals surface area contributed by atoms with Gasteiger partial charge in [-0.05, 0) is 13.8 Å². The zero-order chi connectivity index (χ0) is 13.2. The number of esters is 1. The van der Waals surface area contributed by atoms with E-state index in [1.807, 2.05) is 0 Å². The van der Waals surface area contributed by atoms with Crippen molar-refractivity contribution in [3.05, 3.63) is 0 Å². The Hall–Kier alpha value is -1.92. The highest BCUT2D eigenvalue weighted by Crippen LogP contribution is 2.23. The van der Waals surface area contributed by atoms with E-state index in [-0.39, 0.29) is 13.0 Å². The number of barbiturate groups is 1. The van der Waals surface area contributed by atoms with Gasteiger partial charge in [-0.2, -0.15) is 0 Å². The molecule has 7 nitrogen and oxygen atoms in total. The zero-order valence-corrected chi connectivity index (χ0v) is 9.90. The van der Waals surface area contributed by atoms with Crippen LogP contribution in [0.5, 0.6) is 0 Å². The fraction of sp³-hybridized carbons (Fsp3) is 0.600. The molecule has 1 aliphatic heterocycles. The number of amides is 4. The number of rotatable bonds is 3. The zero-order valence-electron chi connectivity index (χ0n) is 9.90. The first-order valence-electron chi connectivity index (χ1n) is 5.05. The molecule has 0 unspecified atom stereocenters. The highest BCUT2D eigenvalue weighted by molar-refractivity contribution is 6.18. The number of urea groups is 1. The Morgan fingerprint density at radius 1 is 1.35 bits per heavy atom. The Labute approximate surface area is 98.1 Å². The maximum absolute atomic E-state index is 11.9. The quantitative estimate of drug-likeness (QED) is 0.539. The summed E-state index contributed by atoms with van der Waals surface area (Å²) in [5.74, 6) is -1.78. The van der Waals surface area contributed by atoms with E-state index in [2.05, 4.69) is 10.1 Å². The van der Waals surface area contributed by atoms with Crippen molar-refractivity contribution in [2.24, 2.45) is 5.41 Å². The Kier molecular flexibility index (Phi) is 3.50. The SMILES string of the molecule is COC(=O)CCN1C(=O)NC(=O)C(C)(C)C1=O. The third-order valence-corrected chi connectivity index (χ3v) is 2.58. The van der Waals surface area contributed by atoms with Gasteiger partial charge in [0.05, 0.1) is 13.5 Å². The van der Waals surface area contributed by atoms with Gasteiger partial charge >= 0.3 is 12.0 Å². The first-order valence-corrected chi connectivity index (χ1v) is 5.05. The number of nitrogens with zero attached hydrogens (tertiary/aromatic N) is 1. The van der Waals surface area contributed by atoms with E-state index >= 15 is 0 Å². The van der Waals surface area contributed by atoms with Gasteiger partial charge in [0.15, 0.2) is 0 Å². The first kappa shape index (κ1) is 13.1. The topological polar surface area (TPSA) is 92.8 Å². The van der Waals surface area contributed by atoms with Crippen LogP contribution in [0.3, 0.4) is 0 Å². The Morgan fingerprint density at radius 2 is 1.94 bits per heavy atom. The summed E-state index contributed by atoms with van der Waals surface area (Å²) in [5, 5.41) is 2.07. The molecule has 1 rings (SSSR count). The highest BCUT2D eigenvalue weighted by atomic mass is 16.5. The molecule has 1 saturated heterocycles. The van der Waals surface area contributed by atoms with Gasteiger partial charge in [0.25, 0.3) is 0 Å². The lowest BCUT2D eigenvalue weighted by Gasteiger charge is -2.34. The molecular formula is C10H14N2O5. The summed E-state index contributed by atoms with van der Waals surface area (Å²) in [7, 11) is 1.22. The molecule has 0 aromatic rings. The van der Waals surface area contributed by atoms with E-state index in [4.69, 9.17) is 0 Å². The van der Waals surface area contributed by atoms with Crippen LogP contribution in [0.4, 0.5) is 4.79 Å². The predicted molar refractivity (Wildman–Crippen MR) is 55.7 cm³/mol. The summed E-state index contributed by atoms with van der Waals surface area (Å²) in [4.78, 5) is 46.5. The third-order valence-electron chi connectivity index (χ3n) is 2.58. The summed E-state index contributed by atoms with van der Waals surface area (Å²) in [6.07, 6.45) is -0.0973. The summed E-state index contributed by atoms with van der Waals surface area (Å²) in [5.41, 5.74) is -1.30. The van der Waals surface area contributed by atoms with Gasteiger partial charge in [0.2, 0.25) is 11.8 Å². The van der Waals surface area contributed by atoms with Crippen molar-refractivity contribution in [2.45, 2.75) is 20.3 Å². The maximum atomic E-state index is 11.9. The lowest BCUT2D eigenvalue weighted by atomic mass is 9.89. The maximum Gasteiger partial charge on any atom is 0.330 e. The number of methoxy groups -OCH3 is 1. The van der Waals surface area contributed by atoms with Gasteiger partial charge in [-0.3, -0.25) is 24.6 Å². The van der Waals surface area contributed by atoms with Crippen molar-refractivity contribution < 1.29 is 23.9 Å². The second kappa shape index (κ2) is 4.52. The van der Waals surface area contributed by atoms with E-state index in [0.717, 1.165) is 4.90 Å². The molecule has 0 aromatic heterocycles. The third kappa shape index (κ3) is 2.43. The van der Waals surface area contributed by atoms with Crippen LogP contribution >= 0.6 is 0 Å². The summed E-state index contributed by atoms with van der Waals surface area (Å²) >= 11 is 0. The summed E-state index contributed by atoms with van der Waals surface area (Å²) in [6.45, 7) is 2.73. The van der Waals surface area contributed by atoms with Crippen molar-refractivity contribution in [3.8, 4) is 0 Å². The van der Waals surface area contributed by atoms with E-state index in [1.165, 1.54) is 21.0 Å². The first-order chi connectivity index (χ1) is 7.80. The van der Waals surface area contributed by atoms with E-state index in [9.17, 15) is 19.2 Å². The van der Waals surface area contributed by atoms with Crippen molar-refractivity contribution in [1.82, 2.24) is 10.2 Å². The Bertz CT molecular complexity index is 388. The number of imide groups is 2. The molecule has 1 aliphatic rings. The fourth-order valence-corrected chi connectivity index (χ4v) is 1.36. The molecule has 0 radical (unpaired) electrons. The van der Waals surface area contributed by atoms with Gasteiger partial charge in [-0.25, -0.2) is 4.79 Å². The number of nitrogens with one attached hydrogen (secondary N) is 1. The van der Waals surface area contributed by atoms with Crippen molar-refractivity contribution in [2.75, 3.05) is 13.7 Å². The van der Waals surface area contributed by atoms with Crippen LogP contribution < -0.4 is 5.32 Å². The smallest absolute Gasteiger partial charge is 0.330 e. The molecule has 0 bridgehead atoms. The number of ether oxygens (including phenoxy) is 1. The van der Waals surface area contributed by atoms with Crippen LogP contribution in [0.15, 0.2) is 0 Å². The highest BCUT2D eigenvalue weighted by Gasteiger charge is 2.46. The van der Waals surface area contributed by atoms with Crippen molar-refractivity contribution >= 4 is 23.8 Å². The van der Waals surface area contributed by atoms with Gasteiger partial charge in [-0.15, -0.1) is 0 Å². The molecule has 0 aliphatic carbocycles. The summed E-state index contributed by atoms with van der Waals surface area (Å²) < 4.78 is 4.41. The minimum atomic E-state index is -1.30. The van der Waals surface area contributed by atoms with E-state index < -0.39 is 29.2 Å². The largest absolute Gasteiger partial charge is 0.469 e. The van der Waals surface area contributed by atoms with Crippen molar-refractivity contribution in [3.63, 3.8) is 0 Å². The number of carbonyl (C=O) groups excluding carboxylic acids is 4. The lowest BCUT2D eigenvalue weighted by molar-refractivity contribution is -0.149. The van der Waals surface area contributed by atoms with Gasteiger partial charge < -0.3 is 4.74 Å². The summed E-state index contributed by atoms with van der Waals surface area (Å²) in [6, 6.07) is -0.803. The van der Waals surface area contributed by atoms with Gasteiger partial charge in [0, 0.05) is 6.54 Å². The molecule has 17 heavy (non-hydrogen) atoms. The van der Waals surface area contributed by atoms with E-state index in [1.54, 1.807) is 0 Å². The molecule has 0 saturated carbocycles. The van der Waals surface area contributed by atoms with Crippen molar-refractivity contribution in [1.29, 1.82) is 0 Å². The molecule has 0 aromatic carbocycles. The number of hydrogen-bond acceptors (Lipinski definition) is 5. The molecule has 0 spiro atoms. The molecule has 0 atom stereocenters. The Balaban J connectivity index is 2.78. The second-order valence-corrected chi connectivity index (χ2v) is 4.17. The van der Waals surface area contributed by atoms with Crippen LogP contribution in [0.2, 0.25) is 0 Å². The molecule has 7 heteroatoms. The van der Waals surface area contributed by atoms with Crippen LogP contribution in [0.1, 0.15) is 20.3 Å². The Morgan fingerprint density at radius 3 is 2.47 bits per heavy atom. The minimum Gasteiger partial charge on any atom is -0.469 e. The number of hydrogen-bond donors (Lipinski definition) is 1. The minimum absolute atomic E-state index is 0.0973. The average molecular weight is 242 g/mol. The fourth-order valence-electron chi connectivity index (χ4n) is 1.36. The molecular weight excluding hydrogens is 228 g/mol. The standard InChI is InChI=1S/C10H14N2O5/c1-10(2)7(14)11-9(16)12(8(10)15)5-4-6(13)17-3/h4-5H2,1-3H3,(H,11,14,16). The van der Waals surface area contributed by atoms with E-state index in [0.29, 0.717) is 0 Å². The monoisotopic (exact) mass is 242 g/mol. The molecule has 1 N–H and O–H groups in total. The normalized spacial score (nSPS) is 19.0. The van der Waals surface area contributed by atoms with Crippen LogP contribution in [-0.2, 0) is 19.1 Å². The number of carbonyl (C=O) groups is 4. The van der Waals surface area contributed by atoms with Crippen LogP contribution in [0, 0.1) is 5.41 Å². The molecule has 1 fully saturated rings. The average Bonchev–Trinajstić information content (AvgIpc) is 2.26. The molecule has 4 amide bonds. The molecule has 1 heterocycles. The van der Waals surface area contributed by atoms with Gasteiger partial charge in [-0.1, -0.05) is 0 Å².